The fourth-order valence-corrected chi connectivity index (χ4v) is 1.02. The Morgan fingerprint density at radius 3 is 2.53 bits per heavy atom. The molecule has 88 valence electrons. The first-order valence-electron chi connectivity index (χ1n) is 5.46. The molecule has 0 aromatic heterocycles. The third kappa shape index (κ3) is 7.14. The Balaban J connectivity index is 4.23. The molecule has 0 fully saturated rings. The van der Waals surface area contributed by atoms with Gasteiger partial charge >= 0.3 is 5.97 Å². The molecule has 0 rings (SSSR count). The summed E-state index contributed by atoms with van der Waals surface area (Å²) in [6.45, 7) is 6.99. The van der Waals surface area contributed by atoms with Crippen molar-refractivity contribution in [3.63, 3.8) is 0 Å². The molecule has 0 aromatic carbocycles. The lowest BCUT2D eigenvalue weighted by molar-refractivity contribution is -0.139. The molecule has 0 bridgehead atoms. The molecule has 0 radical (unpaired) electrons. The van der Waals surface area contributed by atoms with E-state index in [1.807, 2.05) is 13.0 Å². The van der Waals surface area contributed by atoms with Gasteiger partial charge in [0.25, 0.3) is 0 Å². The Labute approximate surface area is 92.5 Å². The van der Waals surface area contributed by atoms with Crippen LogP contribution in [0.5, 0.6) is 0 Å². The van der Waals surface area contributed by atoms with Gasteiger partial charge in [-0.3, -0.25) is 0 Å². The summed E-state index contributed by atoms with van der Waals surface area (Å²) in [5.74, 6) is 0.287. The summed E-state index contributed by atoms with van der Waals surface area (Å²) in [6.07, 6.45) is 3.63. The molecule has 0 aliphatic heterocycles. The summed E-state index contributed by atoms with van der Waals surface area (Å²) in [5.41, 5.74) is 0.625. The lowest BCUT2D eigenvalue weighted by Gasteiger charge is -2.07. The maximum atomic E-state index is 11.5. The van der Waals surface area contributed by atoms with Crippen molar-refractivity contribution in [2.75, 3.05) is 20.3 Å². The number of ether oxygens (including phenoxy) is 2. The molecule has 0 saturated heterocycles. The van der Waals surface area contributed by atoms with Gasteiger partial charge in [-0.1, -0.05) is 26.8 Å². The van der Waals surface area contributed by atoms with Crippen molar-refractivity contribution in [1.29, 1.82) is 0 Å². The largest absolute Gasteiger partial charge is 0.462 e. The topological polar surface area (TPSA) is 35.5 Å². The second kappa shape index (κ2) is 8.48. The number of methoxy groups -OCH3 is 1. The highest BCUT2D eigenvalue weighted by atomic mass is 16.5. The van der Waals surface area contributed by atoms with Crippen LogP contribution in [0.2, 0.25) is 0 Å². The Bertz CT molecular complexity index is 207. The average Bonchev–Trinajstić information content (AvgIpc) is 2.20. The first-order valence-corrected chi connectivity index (χ1v) is 5.46. The van der Waals surface area contributed by atoms with Crippen molar-refractivity contribution in [2.24, 2.45) is 5.92 Å². The molecule has 0 heterocycles. The van der Waals surface area contributed by atoms with Crippen LogP contribution in [0.25, 0.3) is 0 Å². The molecule has 0 amide bonds. The summed E-state index contributed by atoms with van der Waals surface area (Å²) >= 11 is 0. The van der Waals surface area contributed by atoms with Gasteiger partial charge < -0.3 is 9.47 Å². The van der Waals surface area contributed by atoms with Gasteiger partial charge in [0.05, 0.1) is 18.8 Å². The zero-order valence-corrected chi connectivity index (χ0v) is 10.2. The highest BCUT2D eigenvalue weighted by Crippen LogP contribution is 2.07. The molecule has 3 heteroatoms. The lowest BCUT2D eigenvalue weighted by Crippen LogP contribution is -2.13. The predicted octanol–water partition coefficient (Wildman–Crippen LogP) is 2.56. The van der Waals surface area contributed by atoms with E-state index >= 15 is 0 Å². The predicted molar refractivity (Wildman–Crippen MR) is 60.7 cm³/mol. The van der Waals surface area contributed by atoms with E-state index in [9.17, 15) is 4.79 Å². The summed E-state index contributed by atoms with van der Waals surface area (Å²) < 4.78 is 10.0. The third-order valence-corrected chi connectivity index (χ3v) is 1.83. The third-order valence-electron chi connectivity index (χ3n) is 1.83. The van der Waals surface area contributed by atoms with Crippen molar-refractivity contribution in [2.45, 2.75) is 33.6 Å². The molecule has 0 saturated carbocycles. The van der Waals surface area contributed by atoms with Crippen LogP contribution in [-0.4, -0.2) is 26.3 Å². The minimum absolute atomic E-state index is 0.251. The summed E-state index contributed by atoms with van der Waals surface area (Å²) in [6, 6.07) is 0. The number of hydrogen-bond acceptors (Lipinski definition) is 3. The van der Waals surface area contributed by atoms with E-state index in [1.54, 1.807) is 7.11 Å². The zero-order chi connectivity index (χ0) is 11.7. The van der Waals surface area contributed by atoms with E-state index in [-0.39, 0.29) is 5.97 Å². The van der Waals surface area contributed by atoms with Gasteiger partial charge in [0.2, 0.25) is 0 Å². The van der Waals surface area contributed by atoms with Gasteiger partial charge in [-0.15, -0.1) is 0 Å². The normalized spacial score (nSPS) is 11.9. The summed E-state index contributed by atoms with van der Waals surface area (Å²) in [5, 5.41) is 0. The Kier molecular flexibility index (Phi) is 8.01. The van der Waals surface area contributed by atoms with E-state index in [4.69, 9.17) is 9.47 Å². The number of carbonyl (C=O) groups is 1. The molecule has 0 N–H and O–H groups in total. The first-order chi connectivity index (χ1) is 7.11. The highest BCUT2D eigenvalue weighted by Gasteiger charge is 2.10. The Hall–Kier alpha value is -0.830. The molecule has 0 aliphatic rings. The Morgan fingerprint density at radius 1 is 1.40 bits per heavy atom. The van der Waals surface area contributed by atoms with Crippen LogP contribution in [0.1, 0.15) is 33.6 Å². The maximum Gasteiger partial charge on any atom is 0.336 e. The molecule has 0 atom stereocenters. The molecule has 3 nitrogen and oxygen atoms in total. The van der Waals surface area contributed by atoms with Gasteiger partial charge in [0.1, 0.15) is 0 Å². The second-order valence-corrected chi connectivity index (χ2v) is 3.93. The minimum atomic E-state index is -0.251. The van der Waals surface area contributed by atoms with Gasteiger partial charge in [0, 0.05) is 7.11 Å². The average molecular weight is 214 g/mol. The van der Waals surface area contributed by atoms with Crippen LogP contribution in [0.3, 0.4) is 0 Å². The van der Waals surface area contributed by atoms with Crippen molar-refractivity contribution in [3.8, 4) is 0 Å². The van der Waals surface area contributed by atoms with E-state index in [1.165, 1.54) is 0 Å². The van der Waals surface area contributed by atoms with E-state index in [0.29, 0.717) is 24.7 Å². The molecule has 0 spiro atoms. The number of esters is 1. The van der Waals surface area contributed by atoms with Crippen LogP contribution in [0.4, 0.5) is 0 Å². The fourth-order valence-electron chi connectivity index (χ4n) is 1.02. The number of rotatable bonds is 7. The molecular formula is C12H22O3. The monoisotopic (exact) mass is 214 g/mol. The van der Waals surface area contributed by atoms with Crippen molar-refractivity contribution < 1.29 is 14.3 Å². The van der Waals surface area contributed by atoms with Gasteiger partial charge in [-0.25, -0.2) is 4.79 Å². The number of hydrogen-bond donors (Lipinski definition) is 0. The zero-order valence-electron chi connectivity index (χ0n) is 10.2. The van der Waals surface area contributed by atoms with E-state index in [2.05, 4.69) is 13.8 Å². The first kappa shape index (κ1) is 14.2. The molecule has 0 aliphatic carbocycles. The van der Waals surface area contributed by atoms with Gasteiger partial charge in [-0.2, -0.15) is 0 Å². The van der Waals surface area contributed by atoms with Crippen LogP contribution in [0.15, 0.2) is 11.6 Å². The summed E-state index contributed by atoms with van der Waals surface area (Å²) in [7, 11) is 1.58. The van der Waals surface area contributed by atoms with Crippen LogP contribution in [0, 0.1) is 5.92 Å². The Morgan fingerprint density at radius 2 is 2.07 bits per heavy atom. The molecule has 0 aromatic rings. The van der Waals surface area contributed by atoms with Crippen molar-refractivity contribution >= 4 is 5.97 Å². The van der Waals surface area contributed by atoms with Gasteiger partial charge in [0.15, 0.2) is 0 Å². The number of carbonyl (C=O) groups excluding carboxylic acids is 1. The molecule has 0 unspecified atom stereocenters. The smallest absolute Gasteiger partial charge is 0.336 e. The number of allylic oxidation sites excluding steroid dienone is 1. The van der Waals surface area contributed by atoms with Crippen LogP contribution in [-0.2, 0) is 14.3 Å². The SMILES string of the molecule is CCCOC(=O)C(=CCC(C)C)COC. The van der Waals surface area contributed by atoms with Gasteiger partial charge in [-0.05, 0) is 18.8 Å². The minimum Gasteiger partial charge on any atom is -0.462 e. The summed E-state index contributed by atoms with van der Waals surface area (Å²) in [4.78, 5) is 11.5. The highest BCUT2D eigenvalue weighted by molar-refractivity contribution is 5.88. The fraction of sp³-hybridized carbons (Fsp3) is 0.750. The van der Waals surface area contributed by atoms with E-state index in [0.717, 1.165) is 12.8 Å². The molecule has 15 heavy (non-hydrogen) atoms. The molecular weight excluding hydrogens is 192 g/mol. The van der Waals surface area contributed by atoms with Crippen LogP contribution < -0.4 is 0 Å². The van der Waals surface area contributed by atoms with Crippen molar-refractivity contribution in [1.82, 2.24) is 0 Å². The van der Waals surface area contributed by atoms with Crippen LogP contribution >= 0.6 is 0 Å². The lowest BCUT2D eigenvalue weighted by atomic mass is 10.1. The second-order valence-electron chi connectivity index (χ2n) is 3.93. The van der Waals surface area contributed by atoms with E-state index < -0.39 is 0 Å². The quantitative estimate of drug-likeness (QED) is 0.482. The standard InChI is InChI=1S/C12H22O3/c1-5-8-15-12(13)11(9-14-4)7-6-10(2)3/h7,10H,5-6,8-9H2,1-4H3. The van der Waals surface area contributed by atoms with Crippen molar-refractivity contribution in [3.05, 3.63) is 11.6 Å². The maximum absolute atomic E-state index is 11.5.